The molecule has 0 unspecified atom stereocenters. The molecule has 0 saturated heterocycles. The van der Waals surface area contributed by atoms with Crippen molar-refractivity contribution >= 4 is 81.1 Å². The Morgan fingerprint density at radius 1 is 0.964 bits per heavy atom. The summed E-state index contributed by atoms with van der Waals surface area (Å²) in [5.41, 5.74) is 0.795. The van der Waals surface area contributed by atoms with E-state index in [2.05, 4.69) is 9.97 Å². The Kier molecular flexibility index (Phi) is 17.8. The average Bonchev–Trinajstić information content (AvgIpc) is 2.58. The zero-order chi connectivity index (χ0) is 19.1. The van der Waals surface area contributed by atoms with Crippen LogP contribution in [-0.2, 0) is 4.84 Å². The van der Waals surface area contributed by atoms with Crippen molar-refractivity contribution < 1.29 is 26.8 Å². The zero-order valence-corrected chi connectivity index (χ0v) is 20.7. The first-order valence-corrected chi connectivity index (χ1v) is 8.13. The van der Waals surface area contributed by atoms with Gasteiger partial charge < -0.3 is 19.8 Å². The van der Waals surface area contributed by atoms with Crippen LogP contribution in [0.1, 0.15) is 27.6 Å². The third-order valence-electron chi connectivity index (χ3n) is 2.81. The van der Waals surface area contributed by atoms with Crippen molar-refractivity contribution in [3.05, 3.63) is 63.4 Å². The Balaban J connectivity index is -0.000000412. The number of Topliss-reactive ketones (excluding diaryl/α,β-unsaturated/α-hetero) is 1. The standard InChI is InChI=1S/C8H8Cl2N2O2.C7H5Cl2NO.CH3.ClH.Mg/c1-12(14-2)8(13)5-3-6(9)7(10)11-4-5;1-4(11)5-2-6(8)7(9)10-3-5;;;/h3-4H,1-2H3;2-3H,1H3;1H3;1H;/q;;-1;;+2/p-1. The van der Waals surface area contributed by atoms with Crippen LogP contribution in [0.15, 0.2) is 24.5 Å². The first-order valence-electron chi connectivity index (χ1n) is 6.62. The average molecular weight is 500 g/mol. The molecule has 0 aromatic carbocycles. The number of hydroxylamine groups is 2. The molecule has 0 saturated carbocycles. The Hall–Kier alpha value is -0.384. The number of ketones is 1. The van der Waals surface area contributed by atoms with Gasteiger partial charge in [-0.2, -0.15) is 0 Å². The number of carbonyl (C=O) groups is 2. The van der Waals surface area contributed by atoms with Crippen LogP contribution in [0.5, 0.6) is 0 Å². The summed E-state index contributed by atoms with van der Waals surface area (Å²) in [5.74, 6) is -0.408. The second kappa shape index (κ2) is 15.5. The van der Waals surface area contributed by atoms with Gasteiger partial charge in [-0.25, -0.2) is 15.0 Å². The van der Waals surface area contributed by atoms with Crippen LogP contribution in [0.2, 0.25) is 20.4 Å². The molecule has 150 valence electrons. The van der Waals surface area contributed by atoms with E-state index in [0.29, 0.717) is 16.1 Å². The van der Waals surface area contributed by atoms with Crippen LogP contribution in [0.25, 0.3) is 0 Å². The maximum atomic E-state index is 11.5. The largest absolute Gasteiger partial charge is 2.00 e. The molecule has 2 heterocycles. The van der Waals surface area contributed by atoms with Crippen LogP contribution in [0, 0.1) is 7.43 Å². The Morgan fingerprint density at radius 2 is 1.36 bits per heavy atom. The van der Waals surface area contributed by atoms with E-state index in [9.17, 15) is 9.59 Å². The zero-order valence-electron chi connectivity index (χ0n) is 15.5. The minimum absolute atomic E-state index is 0. The van der Waals surface area contributed by atoms with E-state index in [1.54, 1.807) is 0 Å². The number of carbonyl (C=O) groups excluding carboxylic acids is 2. The maximum absolute atomic E-state index is 11.5. The molecule has 1 amide bonds. The molecular formula is C16H16Cl5MgN3O3. The number of nitrogens with zero attached hydrogens (tertiary/aromatic N) is 3. The van der Waals surface area contributed by atoms with E-state index in [-0.39, 0.29) is 69.9 Å². The molecule has 0 aliphatic carbocycles. The second-order valence-electron chi connectivity index (χ2n) is 4.53. The first-order chi connectivity index (χ1) is 11.7. The molecule has 0 atom stereocenters. The smallest absolute Gasteiger partial charge is 1.00 e. The molecular weight excluding hydrogens is 484 g/mol. The van der Waals surface area contributed by atoms with Gasteiger partial charge in [0, 0.05) is 25.0 Å². The van der Waals surface area contributed by atoms with Crippen molar-refractivity contribution in [2.45, 2.75) is 6.92 Å². The molecule has 0 spiro atoms. The number of pyridine rings is 2. The fourth-order valence-electron chi connectivity index (χ4n) is 1.42. The van der Waals surface area contributed by atoms with E-state index in [1.807, 2.05) is 0 Å². The molecule has 6 nitrogen and oxygen atoms in total. The number of rotatable bonds is 3. The number of amides is 1. The summed E-state index contributed by atoms with van der Waals surface area (Å²) in [7, 11) is 2.88. The van der Waals surface area contributed by atoms with Gasteiger partial charge in [-0.1, -0.05) is 46.4 Å². The fourth-order valence-corrected chi connectivity index (χ4v) is 1.96. The predicted molar refractivity (Wildman–Crippen MR) is 110 cm³/mol. The Morgan fingerprint density at radius 3 is 1.71 bits per heavy atom. The number of hydrogen-bond acceptors (Lipinski definition) is 5. The minimum Gasteiger partial charge on any atom is -1.00 e. The third kappa shape index (κ3) is 9.89. The second-order valence-corrected chi connectivity index (χ2v) is 6.07. The quantitative estimate of drug-likeness (QED) is 0.211. The molecule has 0 aliphatic rings. The van der Waals surface area contributed by atoms with Crippen molar-refractivity contribution in [2.24, 2.45) is 0 Å². The molecule has 2 aromatic rings. The van der Waals surface area contributed by atoms with Crippen molar-refractivity contribution in [3.63, 3.8) is 0 Å². The summed E-state index contributed by atoms with van der Waals surface area (Å²) in [6.07, 6.45) is 2.74. The van der Waals surface area contributed by atoms with Gasteiger partial charge in [0.25, 0.3) is 5.91 Å². The van der Waals surface area contributed by atoms with E-state index in [4.69, 9.17) is 51.2 Å². The Labute approximate surface area is 206 Å². The van der Waals surface area contributed by atoms with Crippen LogP contribution in [0.3, 0.4) is 0 Å². The van der Waals surface area contributed by atoms with Gasteiger partial charge in [0.2, 0.25) is 0 Å². The molecule has 28 heavy (non-hydrogen) atoms. The van der Waals surface area contributed by atoms with Gasteiger partial charge in [-0.15, -0.1) is 0 Å². The molecule has 2 rings (SSSR count). The van der Waals surface area contributed by atoms with Gasteiger partial charge in [0.15, 0.2) is 5.78 Å². The predicted octanol–water partition coefficient (Wildman–Crippen LogP) is 1.69. The summed E-state index contributed by atoms with van der Waals surface area (Å²) < 4.78 is 0. The van der Waals surface area contributed by atoms with Gasteiger partial charge in [-0.05, 0) is 19.1 Å². The van der Waals surface area contributed by atoms with E-state index >= 15 is 0 Å². The van der Waals surface area contributed by atoms with Gasteiger partial charge in [0.1, 0.15) is 10.3 Å². The van der Waals surface area contributed by atoms with E-state index < -0.39 is 0 Å². The normalized spacial score (nSPS) is 8.82. The van der Waals surface area contributed by atoms with Crippen LogP contribution in [-0.4, -0.2) is 63.9 Å². The van der Waals surface area contributed by atoms with Crippen LogP contribution in [0.4, 0.5) is 0 Å². The van der Waals surface area contributed by atoms with Gasteiger partial charge in [-0.3, -0.25) is 14.4 Å². The first kappa shape index (κ1) is 32.3. The van der Waals surface area contributed by atoms with Crippen molar-refractivity contribution in [3.8, 4) is 0 Å². The van der Waals surface area contributed by atoms with Gasteiger partial charge >= 0.3 is 23.1 Å². The monoisotopic (exact) mass is 497 g/mol. The summed E-state index contributed by atoms with van der Waals surface area (Å²) in [4.78, 5) is 34.4. The Bertz CT molecular complexity index is 796. The number of hydrogen-bond donors (Lipinski definition) is 0. The molecule has 0 bridgehead atoms. The number of halogens is 5. The molecule has 0 fully saturated rings. The van der Waals surface area contributed by atoms with E-state index in [0.717, 1.165) is 5.06 Å². The minimum atomic E-state index is -0.335. The topological polar surface area (TPSA) is 72.4 Å². The molecule has 0 N–H and O–H groups in total. The third-order valence-corrected chi connectivity index (χ3v) is 4.18. The molecule has 0 aliphatic heterocycles. The summed E-state index contributed by atoms with van der Waals surface area (Å²) in [6.45, 7) is 1.45. The summed E-state index contributed by atoms with van der Waals surface area (Å²) in [6, 6.07) is 2.94. The molecule has 0 radical (unpaired) electrons. The van der Waals surface area contributed by atoms with Gasteiger partial charge in [0.05, 0.1) is 22.7 Å². The van der Waals surface area contributed by atoms with Crippen LogP contribution >= 0.6 is 46.4 Å². The number of aromatic nitrogens is 2. The maximum Gasteiger partial charge on any atom is 2.00 e. The molecule has 12 heteroatoms. The fraction of sp³-hybridized carbons (Fsp3) is 0.188. The van der Waals surface area contributed by atoms with Crippen LogP contribution < -0.4 is 12.4 Å². The summed E-state index contributed by atoms with van der Waals surface area (Å²) >= 11 is 22.4. The van der Waals surface area contributed by atoms with Crippen molar-refractivity contribution in [2.75, 3.05) is 14.2 Å². The summed E-state index contributed by atoms with van der Waals surface area (Å²) in [5, 5.41) is 2.00. The van der Waals surface area contributed by atoms with Crippen molar-refractivity contribution in [1.29, 1.82) is 0 Å². The SMILES string of the molecule is CC(=O)c1cnc(Cl)c(Cl)c1.CON(C)C(=O)c1cnc(Cl)c(Cl)c1.[CH3-].[Cl-].[Mg+2]. The molecule has 2 aromatic heterocycles. The van der Waals surface area contributed by atoms with Crippen molar-refractivity contribution in [1.82, 2.24) is 15.0 Å². The van der Waals surface area contributed by atoms with E-state index in [1.165, 1.54) is 45.6 Å².